The SMILES string of the molecule is COc1ccc(CN2C(=O)CN(c3ccc(I)cc3)S2(=O)=O)cc1. The molecule has 0 atom stereocenters. The third kappa shape index (κ3) is 3.20. The number of methoxy groups -OCH3 is 1. The molecule has 0 radical (unpaired) electrons. The number of hydrogen-bond acceptors (Lipinski definition) is 4. The van der Waals surface area contributed by atoms with Crippen LogP contribution in [0.5, 0.6) is 5.75 Å². The maximum Gasteiger partial charge on any atom is 0.329 e. The lowest BCUT2D eigenvalue weighted by atomic mass is 10.2. The fourth-order valence-electron chi connectivity index (χ4n) is 2.43. The predicted octanol–water partition coefficient (Wildman–Crippen LogP) is 2.39. The van der Waals surface area contributed by atoms with Crippen LogP contribution in [0.1, 0.15) is 5.56 Å². The Morgan fingerprint density at radius 2 is 1.71 bits per heavy atom. The van der Waals surface area contributed by atoms with E-state index in [9.17, 15) is 13.2 Å². The number of carbonyl (C=O) groups is 1. The lowest BCUT2D eigenvalue weighted by molar-refractivity contribution is -0.124. The highest BCUT2D eigenvalue weighted by atomic mass is 127. The van der Waals surface area contributed by atoms with Gasteiger partial charge in [0.05, 0.1) is 19.3 Å². The van der Waals surface area contributed by atoms with Gasteiger partial charge in [-0.25, -0.2) is 8.61 Å². The van der Waals surface area contributed by atoms with E-state index in [1.165, 1.54) is 0 Å². The molecule has 0 N–H and O–H groups in total. The Hall–Kier alpha value is -1.81. The topological polar surface area (TPSA) is 66.9 Å². The van der Waals surface area contributed by atoms with E-state index in [1.807, 2.05) is 12.1 Å². The molecular formula is C16H15IN2O4S. The minimum atomic E-state index is -3.87. The van der Waals surface area contributed by atoms with Gasteiger partial charge in [-0.05, 0) is 64.6 Å². The number of nitrogens with zero attached hydrogens (tertiary/aromatic N) is 2. The number of ether oxygens (including phenoxy) is 1. The van der Waals surface area contributed by atoms with Crippen LogP contribution in [0.25, 0.3) is 0 Å². The molecular weight excluding hydrogens is 443 g/mol. The summed E-state index contributed by atoms with van der Waals surface area (Å²) in [7, 11) is -2.32. The highest BCUT2D eigenvalue weighted by Gasteiger charge is 2.42. The molecule has 1 aliphatic rings. The molecule has 0 bridgehead atoms. The van der Waals surface area contributed by atoms with Gasteiger partial charge in [0, 0.05) is 3.57 Å². The van der Waals surface area contributed by atoms with E-state index in [4.69, 9.17) is 4.74 Å². The molecule has 0 aromatic heterocycles. The molecule has 1 amide bonds. The smallest absolute Gasteiger partial charge is 0.329 e. The number of halogens is 1. The summed E-state index contributed by atoms with van der Waals surface area (Å²) in [6, 6.07) is 14.0. The molecule has 8 heteroatoms. The van der Waals surface area contributed by atoms with Crippen molar-refractivity contribution in [3.63, 3.8) is 0 Å². The van der Waals surface area contributed by atoms with E-state index < -0.39 is 16.1 Å². The van der Waals surface area contributed by atoms with E-state index in [2.05, 4.69) is 22.6 Å². The summed E-state index contributed by atoms with van der Waals surface area (Å²) >= 11 is 2.14. The molecule has 1 heterocycles. The molecule has 1 aliphatic heterocycles. The number of anilines is 1. The maximum absolute atomic E-state index is 12.7. The van der Waals surface area contributed by atoms with E-state index in [-0.39, 0.29) is 13.1 Å². The van der Waals surface area contributed by atoms with Gasteiger partial charge in [-0.15, -0.1) is 0 Å². The summed E-state index contributed by atoms with van der Waals surface area (Å²) in [6.07, 6.45) is 0. The molecule has 126 valence electrons. The van der Waals surface area contributed by atoms with Crippen molar-refractivity contribution in [2.45, 2.75) is 6.54 Å². The summed E-state index contributed by atoms with van der Waals surface area (Å²) < 4.78 is 33.6. The van der Waals surface area contributed by atoms with E-state index in [0.29, 0.717) is 11.4 Å². The number of rotatable bonds is 4. The van der Waals surface area contributed by atoms with Gasteiger partial charge >= 0.3 is 10.2 Å². The minimum Gasteiger partial charge on any atom is -0.497 e. The number of hydrogen-bond donors (Lipinski definition) is 0. The fraction of sp³-hybridized carbons (Fsp3) is 0.188. The highest BCUT2D eigenvalue weighted by Crippen LogP contribution is 2.28. The zero-order valence-electron chi connectivity index (χ0n) is 12.8. The Balaban J connectivity index is 1.86. The summed E-state index contributed by atoms with van der Waals surface area (Å²) in [6.45, 7) is -0.175. The lowest BCUT2D eigenvalue weighted by Gasteiger charge is -2.19. The van der Waals surface area contributed by atoms with E-state index >= 15 is 0 Å². The first-order valence-electron chi connectivity index (χ1n) is 7.13. The van der Waals surface area contributed by atoms with Crippen molar-refractivity contribution in [2.75, 3.05) is 18.0 Å². The van der Waals surface area contributed by atoms with Crippen LogP contribution >= 0.6 is 22.6 Å². The van der Waals surface area contributed by atoms with Crippen LogP contribution in [-0.2, 0) is 21.5 Å². The van der Waals surface area contributed by atoms with Gasteiger partial charge in [-0.3, -0.25) is 4.79 Å². The van der Waals surface area contributed by atoms with Gasteiger partial charge in [0.15, 0.2) is 0 Å². The summed E-state index contributed by atoms with van der Waals surface area (Å²) in [5, 5.41) is 0. The molecule has 2 aromatic carbocycles. The van der Waals surface area contributed by atoms with Crippen LogP contribution in [-0.4, -0.2) is 32.3 Å². The summed E-state index contributed by atoms with van der Waals surface area (Å²) in [5.74, 6) is 0.235. The van der Waals surface area contributed by atoms with Crippen molar-refractivity contribution in [1.82, 2.24) is 4.31 Å². The van der Waals surface area contributed by atoms with Gasteiger partial charge in [0.25, 0.3) is 5.91 Å². The zero-order valence-corrected chi connectivity index (χ0v) is 15.8. The Kier molecular flexibility index (Phi) is 4.68. The predicted molar refractivity (Wildman–Crippen MR) is 99.0 cm³/mol. The fourth-order valence-corrected chi connectivity index (χ4v) is 4.32. The average Bonchev–Trinajstić information content (AvgIpc) is 2.80. The van der Waals surface area contributed by atoms with Gasteiger partial charge < -0.3 is 4.74 Å². The Labute approximate surface area is 154 Å². The van der Waals surface area contributed by atoms with E-state index in [0.717, 1.165) is 17.7 Å². The standard InChI is InChI=1S/C16H15IN2O4S/c1-23-15-8-2-12(3-9-15)10-19-16(20)11-18(24(19,21)22)14-6-4-13(17)5-7-14/h2-9H,10-11H2,1H3. The maximum atomic E-state index is 12.7. The van der Waals surface area contributed by atoms with Crippen LogP contribution in [0, 0.1) is 3.57 Å². The molecule has 0 unspecified atom stereocenters. The van der Waals surface area contributed by atoms with Gasteiger partial charge in [-0.2, -0.15) is 8.42 Å². The number of benzene rings is 2. The number of carbonyl (C=O) groups excluding carboxylic acids is 1. The quantitative estimate of drug-likeness (QED) is 0.661. The third-order valence-electron chi connectivity index (χ3n) is 3.71. The van der Waals surface area contributed by atoms with Crippen LogP contribution < -0.4 is 9.04 Å². The second-order valence-corrected chi connectivity index (χ2v) is 8.26. The first-order chi connectivity index (χ1) is 11.4. The largest absolute Gasteiger partial charge is 0.497 e. The van der Waals surface area contributed by atoms with Crippen LogP contribution in [0.15, 0.2) is 48.5 Å². The van der Waals surface area contributed by atoms with E-state index in [1.54, 1.807) is 43.5 Å². The Morgan fingerprint density at radius 1 is 1.08 bits per heavy atom. The minimum absolute atomic E-state index is 0.00598. The monoisotopic (exact) mass is 458 g/mol. The Bertz CT molecular complexity index is 851. The molecule has 24 heavy (non-hydrogen) atoms. The number of amides is 1. The normalized spacial score (nSPS) is 16.5. The lowest BCUT2D eigenvalue weighted by Crippen LogP contribution is -2.33. The molecule has 1 fully saturated rings. The molecule has 1 saturated heterocycles. The average molecular weight is 458 g/mol. The molecule has 2 aromatic rings. The zero-order chi connectivity index (χ0) is 17.3. The van der Waals surface area contributed by atoms with Crippen molar-refractivity contribution in [3.05, 3.63) is 57.7 Å². The molecule has 3 rings (SSSR count). The van der Waals surface area contributed by atoms with Gasteiger partial charge in [-0.1, -0.05) is 12.1 Å². The second-order valence-electron chi connectivity index (χ2n) is 5.24. The molecule has 6 nitrogen and oxygen atoms in total. The van der Waals surface area contributed by atoms with Crippen LogP contribution in [0.3, 0.4) is 0 Å². The summed E-state index contributed by atoms with van der Waals surface area (Å²) in [5.41, 5.74) is 1.21. The van der Waals surface area contributed by atoms with Gasteiger partial charge in [0.2, 0.25) is 0 Å². The van der Waals surface area contributed by atoms with Gasteiger partial charge in [0.1, 0.15) is 12.3 Å². The highest BCUT2D eigenvalue weighted by molar-refractivity contribution is 14.1. The van der Waals surface area contributed by atoms with Crippen molar-refractivity contribution in [3.8, 4) is 5.75 Å². The molecule has 0 aliphatic carbocycles. The van der Waals surface area contributed by atoms with Crippen molar-refractivity contribution in [1.29, 1.82) is 0 Å². The van der Waals surface area contributed by atoms with Crippen LogP contribution in [0.2, 0.25) is 0 Å². The van der Waals surface area contributed by atoms with Crippen molar-refractivity contribution in [2.24, 2.45) is 0 Å². The Morgan fingerprint density at radius 3 is 2.29 bits per heavy atom. The third-order valence-corrected chi connectivity index (χ3v) is 6.22. The molecule has 0 spiro atoms. The second kappa shape index (κ2) is 6.60. The molecule has 0 saturated carbocycles. The van der Waals surface area contributed by atoms with Crippen LogP contribution in [0.4, 0.5) is 5.69 Å². The van der Waals surface area contributed by atoms with Crippen molar-refractivity contribution >= 4 is 44.4 Å². The van der Waals surface area contributed by atoms with Crippen molar-refractivity contribution < 1.29 is 17.9 Å². The first-order valence-corrected chi connectivity index (χ1v) is 9.61. The first kappa shape index (κ1) is 17.0. The summed E-state index contributed by atoms with van der Waals surface area (Å²) in [4.78, 5) is 12.2.